The first-order valence-electron chi connectivity index (χ1n) is 6.22. The van der Waals surface area contributed by atoms with E-state index in [0.29, 0.717) is 6.61 Å². The molecule has 2 aromatic carbocycles. The maximum absolute atomic E-state index is 5.48. The van der Waals surface area contributed by atoms with Crippen LogP contribution in [0.5, 0.6) is 5.75 Å². The van der Waals surface area contributed by atoms with Gasteiger partial charge in [-0.05, 0) is 65.2 Å². The second-order valence-corrected chi connectivity index (χ2v) is 5.02. The third-order valence-corrected chi connectivity index (χ3v) is 3.34. The van der Waals surface area contributed by atoms with Crippen molar-refractivity contribution in [2.45, 2.75) is 13.8 Å². The molecule has 98 valence electrons. The van der Waals surface area contributed by atoms with Crippen molar-refractivity contribution in [3.63, 3.8) is 0 Å². The van der Waals surface area contributed by atoms with Crippen molar-refractivity contribution >= 4 is 27.8 Å². The number of hydrogen-bond acceptors (Lipinski definition) is 2. The largest absolute Gasteiger partial charge is 0.493 e. The Balaban J connectivity index is 2.20. The molecule has 19 heavy (non-hydrogen) atoms. The van der Waals surface area contributed by atoms with E-state index in [9.17, 15) is 0 Å². The van der Waals surface area contributed by atoms with Gasteiger partial charge in [-0.15, -0.1) is 0 Å². The van der Waals surface area contributed by atoms with Crippen LogP contribution in [0.25, 0.3) is 0 Å². The first-order valence-corrected chi connectivity index (χ1v) is 7.02. The summed E-state index contributed by atoms with van der Waals surface area (Å²) in [6, 6.07) is 14.0. The van der Waals surface area contributed by atoms with Gasteiger partial charge in [0.1, 0.15) is 5.75 Å². The van der Waals surface area contributed by atoms with Crippen molar-refractivity contribution in [2.24, 2.45) is 4.99 Å². The van der Waals surface area contributed by atoms with E-state index in [0.717, 1.165) is 21.5 Å². The van der Waals surface area contributed by atoms with Crippen molar-refractivity contribution < 1.29 is 4.74 Å². The predicted octanol–water partition coefficient (Wildman–Crippen LogP) is 4.91. The van der Waals surface area contributed by atoms with Gasteiger partial charge in [0.25, 0.3) is 0 Å². The molecule has 0 spiro atoms. The molecule has 0 atom stereocenters. The van der Waals surface area contributed by atoms with E-state index in [2.05, 4.69) is 33.9 Å². The Hall–Kier alpha value is -1.61. The van der Waals surface area contributed by atoms with Crippen molar-refractivity contribution in [2.75, 3.05) is 6.61 Å². The standard InChI is InChI=1S/C16H16BrNO/c1-3-19-16-9-8-13(10-14(16)17)11-18-15-7-5-4-6-12(15)2/h4-11H,3H2,1-2H3. The molecule has 0 aliphatic heterocycles. The maximum Gasteiger partial charge on any atom is 0.133 e. The Morgan fingerprint density at radius 1 is 1.21 bits per heavy atom. The predicted molar refractivity (Wildman–Crippen MR) is 83.7 cm³/mol. The molecule has 0 aliphatic carbocycles. The molecule has 0 saturated carbocycles. The number of halogens is 1. The molecular formula is C16H16BrNO. The van der Waals surface area contributed by atoms with E-state index < -0.39 is 0 Å². The molecule has 0 saturated heterocycles. The van der Waals surface area contributed by atoms with Crippen LogP contribution in [0.15, 0.2) is 51.9 Å². The molecule has 0 bridgehead atoms. The summed E-state index contributed by atoms with van der Waals surface area (Å²) >= 11 is 3.50. The van der Waals surface area contributed by atoms with Crippen LogP contribution in [-0.4, -0.2) is 12.8 Å². The Labute approximate surface area is 122 Å². The smallest absolute Gasteiger partial charge is 0.133 e. The third-order valence-electron chi connectivity index (χ3n) is 2.72. The van der Waals surface area contributed by atoms with Crippen LogP contribution in [0.2, 0.25) is 0 Å². The first-order chi connectivity index (χ1) is 9.20. The first kappa shape index (κ1) is 13.8. The Kier molecular flexibility index (Phi) is 4.74. The van der Waals surface area contributed by atoms with Crippen LogP contribution in [0.4, 0.5) is 5.69 Å². The molecular weight excluding hydrogens is 302 g/mol. The highest BCUT2D eigenvalue weighted by atomic mass is 79.9. The molecule has 0 N–H and O–H groups in total. The topological polar surface area (TPSA) is 21.6 Å². The zero-order valence-electron chi connectivity index (χ0n) is 11.1. The molecule has 0 aromatic heterocycles. The molecule has 2 rings (SSSR count). The summed E-state index contributed by atoms with van der Waals surface area (Å²) in [4.78, 5) is 4.51. The molecule has 0 amide bonds. The highest BCUT2D eigenvalue weighted by Gasteiger charge is 2.00. The van der Waals surface area contributed by atoms with E-state index >= 15 is 0 Å². The van der Waals surface area contributed by atoms with Crippen molar-refractivity contribution in [3.05, 3.63) is 58.1 Å². The molecule has 0 heterocycles. The molecule has 0 aliphatic rings. The Morgan fingerprint density at radius 3 is 2.68 bits per heavy atom. The van der Waals surface area contributed by atoms with Gasteiger partial charge in [0.05, 0.1) is 16.8 Å². The van der Waals surface area contributed by atoms with E-state index in [1.54, 1.807) is 0 Å². The number of rotatable bonds is 4. The molecule has 0 radical (unpaired) electrons. The van der Waals surface area contributed by atoms with Gasteiger partial charge in [-0.2, -0.15) is 0 Å². The normalized spacial score (nSPS) is 10.9. The van der Waals surface area contributed by atoms with Gasteiger partial charge in [0.2, 0.25) is 0 Å². The van der Waals surface area contributed by atoms with Gasteiger partial charge < -0.3 is 4.74 Å². The number of aliphatic imine (C=N–C) groups is 1. The Bertz CT molecular complexity index is 593. The molecule has 3 heteroatoms. The van der Waals surface area contributed by atoms with E-state index in [-0.39, 0.29) is 0 Å². The average molecular weight is 318 g/mol. The lowest BCUT2D eigenvalue weighted by Gasteiger charge is -2.06. The van der Waals surface area contributed by atoms with Crippen LogP contribution in [0, 0.1) is 6.92 Å². The minimum Gasteiger partial charge on any atom is -0.493 e. The van der Waals surface area contributed by atoms with Crippen molar-refractivity contribution in [1.29, 1.82) is 0 Å². The SMILES string of the molecule is CCOc1ccc(C=Nc2ccccc2C)cc1Br. The van der Waals surface area contributed by atoms with Gasteiger partial charge in [-0.3, -0.25) is 4.99 Å². The van der Waals surface area contributed by atoms with Gasteiger partial charge in [0, 0.05) is 6.21 Å². The van der Waals surface area contributed by atoms with Crippen molar-refractivity contribution in [1.82, 2.24) is 0 Å². The average Bonchev–Trinajstić information content (AvgIpc) is 2.41. The van der Waals surface area contributed by atoms with E-state index in [1.165, 1.54) is 5.56 Å². The summed E-state index contributed by atoms with van der Waals surface area (Å²) in [7, 11) is 0. The van der Waals surface area contributed by atoms with Crippen LogP contribution >= 0.6 is 15.9 Å². The molecule has 2 aromatic rings. The summed E-state index contributed by atoms with van der Waals surface area (Å²) in [6.07, 6.45) is 1.86. The van der Waals surface area contributed by atoms with Gasteiger partial charge in [0.15, 0.2) is 0 Å². The van der Waals surface area contributed by atoms with E-state index in [4.69, 9.17) is 4.74 Å². The Morgan fingerprint density at radius 2 is 2.00 bits per heavy atom. The van der Waals surface area contributed by atoms with Crippen LogP contribution in [0.1, 0.15) is 18.1 Å². The van der Waals surface area contributed by atoms with E-state index in [1.807, 2.05) is 49.5 Å². The van der Waals surface area contributed by atoms with Crippen LogP contribution in [-0.2, 0) is 0 Å². The maximum atomic E-state index is 5.48. The van der Waals surface area contributed by atoms with Gasteiger partial charge in [-0.1, -0.05) is 18.2 Å². The van der Waals surface area contributed by atoms with Crippen LogP contribution < -0.4 is 4.74 Å². The highest BCUT2D eigenvalue weighted by molar-refractivity contribution is 9.10. The number of benzene rings is 2. The van der Waals surface area contributed by atoms with Crippen LogP contribution in [0.3, 0.4) is 0 Å². The minimum absolute atomic E-state index is 0.662. The number of aryl methyl sites for hydroxylation is 1. The number of hydrogen-bond donors (Lipinski definition) is 0. The summed E-state index contributed by atoms with van der Waals surface area (Å²) < 4.78 is 6.43. The lowest BCUT2D eigenvalue weighted by Crippen LogP contribution is -1.93. The van der Waals surface area contributed by atoms with Crippen molar-refractivity contribution in [3.8, 4) is 5.75 Å². The molecule has 0 unspecified atom stereocenters. The summed E-state index contributed by atoms with van der Waals surface area (Å²) in [5.41, 5.74) is 3.20. The fourth-order valence-corrected chi connectivity index (χ4v) is 2.23. The molecule has 0 fully saturated rings. The summed E-state index contributed by atoms with van der Waals surface area (Å²) in [5, 5.41) is 0. The van der Waals surface area contributed by atoms with Gasteiger partial charge >= 0.3 is 0 Å². The number of ether oxygens (including phenoxy) is 1. The second-order valence-electron chi connectivity index (χ2n) is 4.17. The molecule has 2 nitrogen and oxygen atoms in total. The fraction of sp³-hybridized carbons (Fsp3) is 0.188. The zero-order valence-corrected chi connectivity index (χ0v) is 12.6. The highest BCUT2D eigenvalue weighted by Crippen LogP contribution is 2.26. The lowest BCUT2D eigenvalue weighted by atomic mass is 10.2. The zero-order chi connectivity index (χ0) is 13.7. The summed E-state index contributed by atoms with van der Waals surface area (Å²) in [6.45, 7) is 4.69. The fourth-order valence-electron chi connectivity index (χ4n) is 1.72. The number of para-hydroxylation sites is 1. The minimum atomic E-state index is 0.662. The quantitative estimate of drug-likeness (QED) is 0.734. The lowest BCUT2D eigenvalue weighted by molar-refractivity contribution is 0.338. The summed E-state index contributed by atoms with van der Waals surface area (Å²) in [5.74, 6) is 0.857. The second kappa shape index (κ2) is 6.53. The monoisotopic (exact) mass is 317 g/mol. The number of nitrogens with zero attached hydrogens (tertiary/aromatic N) is 1. The van der Waals surface area contributed by atoms with Gasteiger partial charge in [-0.25, -0.2) is 0 Å². The third kappa shape index (κ3) is 3.67.